The largest absolute Gasteiger partial charge is 0.368 e. The Morgan fingerprint density at radius 1 is 1.30 bits per heavy atom. The number of nitrogens with one attached hydrogen (secondary N) is 2. The lowest BCUT2D eigenvalue weighted by molar-refractivity contribution is -0.131. The maximum Gasteiger partial charge on any atom is 0.240 e. The summed E-state index contributed by atoms with van der Waals surface area (Å²) in [4.78, 5) is 27.5. The molecule has 1 aromatic carbocycles. The first-order valence-corrected chi connectivity index (χ1v) is 8.15. The summed E-state index contributed by atoms with van der Waals surface area (Å²) in [7, 11) is 0. The van der Waals surface area contributed by atoms with Crippen LogP contribution in [-0.4, -0.2) is 22.8 Å². The maximum atomic E-state index is 12.6. The Kier molecular flexibility index (Phi) is 4.11. The van der Waals surface area contributed by atoms with Gasteiger partial charge in [0.15, 0.2) is 0 Å². The molecule has 0 aliphatic heterocycles. The number of hydrogen-bond donors (Lipinski definition) is 3. The third kappa shape index (κ3) is 2.96. The third-order valence-electron chi connectivity index (χ3n) is 4.74. The average Bonchev–Trinajstić information content (AvgIpc) is 2.89. The number of aryl methyl sites for hydroxylation is 1. The van der Waals surface area contributed by atoms with E-state index in [-0.39, 0.29) is 17.7 Å². The summed E-state index contributed by atoms with van der Waals surface area (Å²) < 4.78 is 0. The topological polar surface area (TPSA) is 88.0 Å². The van der Waals surface area contributed by atoms with Crippen LogP contribution < -0.4 is 11.1 Å². The molecule has 4 N–H and O–H groups in total. The van der Waals surface area contributed by atoms with E-state index in [9.17, 15) is 9.59 Å². The number of aromatic amines is 1. The van der Waals surface area contributed by atoms with Gasteiger partial charge < -0.3 is 16.0 Å². The number of carbonyl (C=O) groups excluding carboxylic acids is 2. The van der Waals surface area contributed by atoms with Crippen LogP contribution in [0.2, 0.25) is 0 Å². The van der Waals surface area contributed by atoms with E-state index in [1.807, 2.05) is 26.0 Å². The Morgan fingerprint density at radius 3 is 2.74 bits per heavy atom. The lowest BCUT2D eigenvalue weighted by atomic mass is 9.85. The molecule has 1 aliphatic rings. The van der Waals surface area contributed by atoms with Crippen molar-refractivity contribution in [2.45, 2.75) is 39.2 Å². The smallest absolute Gasteiger partial charge is 0.240 e. The number of fused-ring (bicyclic) bond motifs is 3. The van der Waals surface area contributed by atoms with Gasteiger partial charge >= 0.3 is 0 Å². The number of rotatable bonds is 4. The number of para-hydroxylation sites is 1. The number of hydrogen-bond acceptors (Lipinski definition) is 2. The molecule has 1 aliphatic carbocycles. The number of aromatic nitrogens is 1. The summed E-state index contributed by atoms with van der Waals surface area (Å²) in [5, 5.41) is 4.02. The molecular formula is C18H23N3O2. The van der Waals surface area contributed by atoms with Gasteiger partial charge in [0.05, 0.1) is 0 Å². The highest BCUT2D eigenvalue weighted by molar-refractivity contribution is 5.89. The molecular weight excluding hydrogens is 290 g/mol. The lowest BCUT2D eigenvalue weighted by Crippen LogP contribution is -2.50. The Bertz CT molecular complexity index is 748. The molecule has 0 bridgehead atoms. The van der Waals surface area contributed by atoms with Gasteiger partial charge in [0, 0.05) is 22.5 Å². The summed E-state index contributed by atoms with van der Waals surface area (Å²) in [6.07, 6.45) is 2.34. The second-order valence-electron chi connectivity index (χ2n) is 6.70. The monoisotopic (exact) mass is 313 g/mol. The van der Waals surface area contributed by atoms with E-state index in [0.29, 0.717) is 6.42 Å². The molecule has 2 atom stereocenters. The van der Waals surface area contributed by atoms with Crippen LogP contribution in [0.25, 0.3) is 10.9 Å². The minimum Gasteiger partial charge on any atom is -0.368 e. The Labute approximate surface area is 135 Å². The van der Waals surface area contributed by atoms with Crippen molar-refractivity contribution >= 4 is 22.7 Å². The molecule has 5 nitrogen and oxygen atoms in total. The quantitative estimate of drug-likeness (QED) is 0.805. The van der Waals surface area contributed by atoms with Crippen molar-refractivity contribution in [2.75, 3.05) is 0 Å². The van der Waals surface area contributed by atoms with E-state index in [0.717, 1.165) is 18.4 Å². The molecule has 0 unspecified atom stereocenters. The van der Waals surface area contributed by atoms with Crippen LogP contribution in [0.4, 0.5) is 0 Å². The van der Waals surface area contributed by atoms with E-state index in [1.165, 1.54) is 16.6 Å². The first-order valence-electron chi connectivity index (χ1n) is 8.15. The molecule has 2 aromatic rings. The summed E-state index contributed by atoms with van der Waals surface area (Å²) >= 11 is 0. The third-order valence-corrected chi connectivity index (χ3v) is 4.74. The van der Waals surface area contributed by atoms with Crippen LogP contribution in [-0.2, 0) is 22.4 Å². The Balaban J connectivity index is 1.78. The Hall–Kier alpha value is -2.30. The summed E-state index contributed by atoms with van der Waals surface area (Å²) in [6, 6.07) is 7.57. The summed E-state index contributed by atoms with van der Waals surface area (Å²) in [5.41, 5.74) is 8.97. The SMILES string of the molecule is CC(C)[C@H](NC(=O)[C@@H]1CCc2[nH]c3ccccc3c2C1)C(N)=O. The molecule has 0 spiro atoms. The van der Waals surface area contributed by atoms with Gasteiger partial charge in [0.2, 0.25) is 11.8 Å². The number of amides is 2. The zero-order valence-corrected chi connectivity index (χ0v) is 13.6. The molecule has 0 saturated carbocycles. The van der Waals surface area contributed by atoms with Crippen molar-refractivity contribution in [2.24, 2.45) is 17.6 Å². The fourth-order valence-corrected chi connectivity index (χ4v) is 3.43. The highest BCUT2D eigenvalue weighted by Gasteiger charge is 2.30. The predicted octanol–water partition coefficient (Wildman–Crippen LogP) is 1.90. The molecule has 2 amide bonds. The van der Waals surface area contributed by atoms with Crippen molar-refractivity contribution in [1.29, 1.82) is 0 Å². The first kappa shape index (κ1) is 15.6. The molecule has 1 aromatic heterocycles. The number of carbonyl (C=O) groups is 2. The van der Waals surface area contributed by atoms with Crippen molar-refractivity contribution in [3.8, 4) is 0 Å². The fraction of sp³-hybridized carbons (Fsp3) is 0.444. The van der Waals surface area contributed by atoms with Gasteiger partial charge in [-0.1, -0.05) is 32.0 Å². The van der Waals surface area contributed by atoms with Gasteiger partial charge in [-0.2, -0.15) is 0 Å². The van der Waals surface area contributed by atoms with Gasteiger partial charge in [-0.05, 0) is 36.8 Å². The van der Waals surface area contributed by atoms with Crippen LogP contribution >= 0.6 is 0 Å². The van der Waals surface area contributed by atoms with E-state index < -0.39 is 11.9 Å². The van der Waals surface area contributed by atoms with E-state index in [2.05, 4.69) is 22.4 Å². The zero-order valence-electron chi connectivity index (χ0n) is 13.6. The van der Waals surface area contributed by atoms with Crippen LogP contribution in [0.15, 0.2) is 24.3 Å². The molecule has 3 rings (SSSR count). The fourth-order valence-electron chi connectivity index (χ4n) is 3.43. The van der Waals surface area contributed by atoms with Crippen LogP contribution in [0.3, 0.4) is 0 Å². The summed E-state index contributed by atoms with van der Waals surface area (Å²) in [5.74, 6) is -0.665. The second kappa shape index (κ2) is 6.07. The highest BCUT2D eigenvalue weighted by Crippen LogP contribution is 2.31. The van der Waals surface area contributed by atoms with Crippen molar-refractivity contribution < 1.29 is 9.59 Å². The number of nitrogens with two attached hydrogens (primary N) is 1. The molecule has 122 valence electrons. The number of H-pyrrole nitrogens is 1. The van der Waals surface area contributed by atoms with E-state index in [4.69, 9.17) is 5.73 Å². The van der Waals surface area contributed by atoms with Gasteiger partial charge in [-0.15, -0.1) is 0 Å². The van der Waals surface area contributed by atoms with Crippen LogP contribution in [0.5, 0.6) is 0 Å². The maximum absolute atomic E-state index is 12.6. The molecule has 23 heavy (non-hydrogen) atoms. The van der Waals surface area contributed by atoms with Gasteiger partial charge in [0.1, 0.15) is 6.04 Å². The van der Waals surface area contributed by atoms with Crippen molar-refractivity contribution in [1.82, 2.24) is 10.3 Å². The highest BCUT2D eigenvalue weighted by atomic mass is 16.2. The van der Waals surface area contributed by atoms with Gasteiger partial charge in [-0.3, -0.25) is 9.59 Å². The standard InChI is InChI=1S/C18H23N3O2/c1-10(2)16(17(19)22)21-18(23)11-7-8-15-13(9-11)12-5-3-4-6-14(12)20-15/h3-6,10-11,16,20H,7-9H2,1-2H3,(H2,19,22)(H,21,23)/t11-,16+/m1/s1. The average molecular weight is 313 g/mol. The van der Waals surface area contributed by atoms with Gasteiger partial charge in [-0.25, -0.2) is 0 Å². The summed E-state index contributed by atoms with van der Waals surface area (Å²) in [6.45, 7) is 3.77. The van der Waals surface area contributed by atoms with Crippen molar-refractivity contribution in [3.63, 3.8) is 0 Å². The molecule has 0 saturated heterocycles. The predicted molar refractivity (Wildman–Crippen MR) is 89.8 cm³/mol. The van der Waals surface area contributed by atoms with Crippen LogP contribution in [0.1, 0.15) is 31.5 Å². The van der Waals surface area contributed by atoms with E-state index >= 15 is 0 Å². The van der Waals surface area contributed by atoms with Crippen molar-refractivity contribution in [3.05, 3.63) is 35.5 Å². The molecule has 1 heterocycles. The van der Waals surface area contributed by atoms with Gasteiger partial charge in [0.25, 0.3) is 0 Å². The minimum absolute atomic E-state index is 0.0105. The zero-order chi connectivity index (χ0) is 16.6. The van der Waals surface area contributed by atoms with Crippen LogP contribution in [0, 0.1) is 11.8 Å². The molecule has 0 fully saturated rings. The Morgan fingerprint density at radius 2 is 2.04 bits per heavy atom. The first-order chi connectivity index (χ1) is 11.0. The molecule has 5 heteroatoms. The number of primary amides is 1. The second-order valence-corrected chi connectivity index (χ2v) is 6.70. The van der Waals surface area contributed by atoms with E-state index in [1.54, 1.807) is 0 Å². The normalized spacial score (nSPS) is 18.7. The molecule has 0 radical (unpaired) electrons. The lowest BCUT2D eigenvalue weighted by Gasteiger charge is -2.25. The number of benzene rings is 1. The minimum atomic E-state index is -0.605.